The predicted octanol–water partition coefficient (Wildman–Crippen LogP) is 0.671. The summed E-state index contributed by atoms with van der Waals surface area (Å²) in [5.74, 6) is 0. The zero-order valence-corrected chi connectivity index (χ0v) is 9.45. The molecule has 0 spiro atoms. The third-order valence-corrected chi connectivity index (χ3v) is 2.06. The largest absolute Gasteiger partial charge is 0.403 e. The minimum atomic E-state index is 0.297. The Morgan fingerprint density at radius 2 is 2.38 bits per heavy atom. The van der Waals surface area contributed by atoms with Gasteiger partial charge < -0.3 is 5.73 Å². The molecule has 0 radical (unpaired) electrons. The van der Waals surface area contributed by atoms with Gasteiger partial charge in [0.25, 0.3) is 0 Å². The lowest BCUT2D eigenvalue weighted by Crippen LogP contribution is -2.37. The van der Waals surface area contributed by atoms with Crippen molar-refractivity contribution in [1.82, 2.24) is 9.58 Å². The van der Waals surface area contributed by atoms with Gasteiger partial charge in [-0.1, -0.05) is 12.6 Å². The molecule has 5 nitrogen and oxygen atoms in total. The number of aromatic nitrogens is 1. The average Bonchev–Trinajstić information content (AvgIpc) is 2.29. The van der Waals surface area contributed by atoms with Crippen LogP contribution < -0.4 is 16.6 Å². The second-order valence-corrected chi connectivity index (χ2v) is 3.19. The van der Waals surface area contributed by atoms with Crippen molar-refractivity contribution in [3.8, 4) is 0 Å². The van der Waals surface area contributed by atoms with Crippen LogP contribution in [0.15, 0.2) is 49.6 Å². The van der Waals surface area contributed by atoms with Gasteiger partial charge in [0.05, 0.1) is 0 Å². The van der Waals surface area contributed by atoms with Gasteiger partial charge in [-0.3, -0.25) is 15.7 Å². The van der Waals surface area contributed by atoms with Crippen molar-refractivity contribution < 1.29 is 0 Å². The monoisotopic (exact) mass is 235 g/mol. The Kier molecular flexibility index (Phi) is 4.28. The molecule has 0 amide bonds. The van der Waals surface area contributed by atoms with E-state index in [2.05, 4.69) is 12.0 Å². The first-order chi connectivity index (χ1) is 7.69. The first kappa shape index (κ1) is 12.0. The van der Waals surface area contributed by atoms with Crippen LogP contribution in [-0.4, -0.2) is 14.7 Å². The van der Waals surface area contributed by atoms with E-state index in [9.17, 15) is 0 Å². The molecule has 0 saturated carbocycles. The average molecular weight is 235 g/mol. The van der Waals surface area contributed by atoms with Gasteiger partial charge in [0.15, 0.2) is 5.11 Å². The molecule has 0 aliphatic rings. The maximum absolute atomic E-state index is 7.62. The van der Waals surface area contributed by atoms with Gasteiger partial charge in [0, 0.05) is 24.8 Å². The van der Waals surface area contributed by atoms with Gasteiger partial charge in [-0.05, 0) is 24.4 Å². The minimum absolute atomic E-state index is 0.297. The fourth-order valence-electron chi connectivity index (χ4n) is 1.01. The number of nitrogens with one attached hydrogen (secondary N) is 2. The molecule has 0 fully saturated rings. The van der Waals surface area contributed by atoms with Crippen LogP contribution in [0.5, 0.6) is 0 Å². The quantitative estimate of drug-likeness (QED) is 0.674. The van der Waals surface area contributed by atoms with E-state index < -0.39 is 0 Å². The van der Waals surface area contributed by atoms with Crippen molar-refractivity contribution in [2.24, 2.45) is 5.73 Å². The van der Waals surface area contributed by atoms with Crippen LogP contribution in [0.3, 0.4) is 0 Å². The molecule has 0 atom stereocenters. The summed E-state index contributed by atoms with van der Waals surface area (Å²) >= 11 is 5.11. The summed E-state index contributed by atoms with van der Waals surface area (Å²) in [5.41, 5.74) is 8.42. The van der Waals surface area contributed by atoms with Gasteiger partial charge in [-0.15, -0.1) is 0 Å². The van der Waals surface area contributed by atoms with Crippen molar-refractivity contribution in [1.29, 1.82) is 5.41 Å². The zero-order valence-electron chi connectivity index (χ0n) is 8.63. The summed E-state index contributed by atoms with van der Waals surface area (Å²) in [6.45, 7) is 3.60. The topological polar surface area (TPSA) is 70.1 Å². The highest BCUT2D eigenvalue weighted by molar-refractivity contribution is 7.80. The Morgan fingerprint density at radius 3 is 2.94 bits per heavy atom. The molecule has 0 aliphatic heterocycles. The van der Waals surface area contributed by atoms with Gasteiger partial charge in [-0.2, -0.15) is 0 Å². The first-order valence-corrected chi connectivity index (χ1v) is 4.92. The van der Waals surface area contributed by atoms with Gasteiger partial charge in [-0.25, -0.2) is 4.68 Å². The molecule has 1 aromatic heterocycles. The number of pyridine rings is 1. The molecule has 6 heteroatoms. The summed E-state index contributed by atoms with van der Waals surface area (Å²) in [5, 5.41) is 7.99. The molecule has 1 heterocycles. The van der Waals surface area contributed by atoms with Gasteiger partial charge in [0.2, 0.25) is 0 Å². The Morgan fingerprint density at radius 1 is 1.62 bits per heavy atom. The van der Waals surface area contributed by atoms with Crippen molar-refractivity contribution >= 4 is 17.3 Å². The maximum atomic E-state index is 7.62. The fraction of sp³-hybridized carbons (Fsp3) is 0. The third-order valence-electron chi connectivity index (χ3n) is 1.75. The number of nitrogens with two attached hydrogens (primary N) is 1. The highest BCUT2D eigenvalue weighted by atomic mass is 32.1. The Balaban J connectivity index is 2.82. The van der Waals surface area contributed by atoms with E-state index in [1.165, 1.54) is 22.0 Å². The van der Waals surface area contributed by atoms with E-state index in [4.69, 9.17) is 23.4 Å². The van der Waals surface area contributed by atoms with Crippen LogP contribution in [0.4, 0.5) is 0 Å². The Hall–Kier alpha value is -2.08. The van der Waals surface area contributed by atoms with E-state index in [1.54, 1.807) is 30.6 Å². The highest BCUT2D eigenvalue weighted by Gasteiger charge is 2.01. The number of thiocarbonyl (C=S) groups is 1. The summed E-state index contributed by atoms with van der Waals surface area (Å²) in [7, 11) is 0. The maximum Gasteiger partial charge on any atom is 0.196 e. The summed E-state index contributed by atoms with van der Waals surface area (Å²) in [6.07, 6.45) is 6.14. The zero-order chi connectivity index (χ0) is 12.0. The van der Waals surface area contributed by atoms with Crippen molar-refractivity contribution in [2.45, 2.75) is 0 Å². The van der Waals surface area contributed by atoms with Crippen molar-refractivity contribution in [3.63, 3.8) is 0 Å². The van der Waals surface area contributed by atoms with Gasteiger partial charge >= 0.3 is 0 Å². The number of hydrogen-bond acceptors (Lipinski definition) is 3. The van der Waals surface area contributed by atoms with Crippen molar-refractivity contribution in [2.75, 3.05) is 5.43 Å². The molecule has 0 aromatic carbocycles. The molecule has 0 saturated heterocycles. The van der Waals surface area contributed by atoms with Gasteiger partial charge in [0.1, 0.15) is 5.49 Å². The minimum Gasteiger partial charge on any atom is -0.403 e. The summed E-state index contributed by atoms with van der Waals surface area (Å²) < 4.78 is 1.49. The lowest BCUT2D eigenvalue weighted by Gasteiger charge is -2.18. The Bertz CT molecular complexity index is 462. The van der Waals surface area contributed by atoms with E-state index in [0.717, 1.165) is 0 Å². The lowest BCUT2D eigenvalue weighted by atomic mass is 10.5. The van der Waals surface area contributed by atoms with Crippen molar-refractivity contribution in [3.05, 3.63) is 55.1 Å². The molecule has 0 bridgehead atoms. The van der Waals surface area contributed by atoms with E-state index >= 15 is 0 Å². The molecule has 16 heavy (non-hydrogen) atoms. The van der Waals surface area contributed by atoms with Crippen LogP contribution >= 0.6 is 12.2 Å². The SMILES string of the molecule is C=CN(/C=C\N)C(=S)Nn1ccccc1=N. The normalized spacial score (nSPS) is 10.0. The summed E-state index contributed by atoms with van der Waals surface area (Å²) in [6, 6.07) is 5.21. The summed E-state index contributed by atoms with van der Waals surface area (Å²) in [4.78, 5) is 1.54. The second-order valence-electron chi connectivity index (χ2n) is 2.80. The molecule has 84 valence electrons. The molecular weight excluding hydrogens is 222 g/mol. The predicted molar refractivity (Wildman–Crippen MR) is 67.6 cm³/mol. The molecular formula is C10H13N5S. The third kappa shape index (κ3) is 2.96. The van der Waals surface area contributed by atoms with Crippen LogP contribution in [0, 0.1) is 5.41 Å². The Labute approximate surface area is 99.0 Å². The highest BCUT2D eigenvalue weighted by Crippen LogP contribution is 1.92. The first-order valence-electron chi connectivity index (χ1n) is 4.51. The lowest BCUT2D eigenvalue weighted by molar-refractivity contribution is 0.740. The fourth-order valence-corrected chi connectivity index (χ4v) is 1.24. The standard InChI is InChI=1S/C10H13N5S/c1-2-14(8-6-11)10(16)13-15-7-4-3-5-9(15)12/h2-8,12H,1,11H2,(H,13,16)/b8-6-,12-9?. The number of hydrogen-bond donors (Lipinski definition) is 3. The van der Waals surface area contributed by atoms with E-state index in [-0.39, 0.29) is 0 Å². The number of nitrogens with zero attached hydrogens (tertiary/aromatic N) is 2. The van der Waals surface area contributed by atoms with Crippen LogP contribution in [0.1, 0.15) is 0 Å². The smallest absolute Gasteiger partial charge is 0.196 e. The molecule has 1 aromatic rings. The van der Waals surface area contributed by atoms with E-state index in [1.807, 2.05) is 0 Å². The molecule has 0 unspecified atom stereocenters. The van der Waals surface area contributed by atoms with Crippen LogP contribution in [0.25, 0.3) is 0 Å². The second kappa shape index (κ2) is 5.72. The van der Waals surface area contributed by atoms with Crippen LogP contribution in [-0.2, 0) is 0 Å². The van der Waals surface area contributed by atoms with Crippen LogP contribution in [0.2, 0.25) is 0 Å². The van der Waals surface area contributed by atoms with E-state index in [0.29, 0.717) is 10.6 Å². The molecule has 0 aliphatic carbocycles. The molecule has 4 N–H and O–H groups in total. The molecule has 1 rings (SSSR count). The number of rotatable bonds is 3.